The first-order chi connectivity index (χ1) is 8.10. The molecule has 1 aromatic carbocycles. The van der Waals surface area contributed by atoms with Crippen molar-refractivity contribution in [2.45, 2.75) is 6.04 Å². The predicted molar refractivity (Wildman–Crippen MR) is 74.2 cm³/mol. The van der Waals surface area contributed by atoms with Gasteiger partial charge >= 0.3 is 0 Å². The molecule has 1 atom stereocenters. The van der Waals surface area contributed by atoms with Crippen molar-refractivity contribution < 1.29 is 0 Å². The summed E-state index contributed by atoms with van der Waals surface area (Å²) in [4.78, 5) is 0. The van der Waals surface area contributed by atoms with Gasteiger partial charge in [0, 0.05) is 27.8 Å². The number of benzene rings is 1. The van der Waals surface area contributed by atoms with E-state index in [2.05, 4.69) is 42.4 Å². The number of nitrogens with two attached hydrogens (primary N) is 1. The fourth-order valence-corrected chi connectivity index (χ4v) is 3.05. The molecule has 1 aromatic heterocycles. The predicted octanol–water partition coefficient (Wildman–Crippen LogP) is 2.50. The molecular formula is C11H12Br2N4. The van der Waals surface area contributed by atoms with Crippen LogP contribution in [0.2, 0.25) is 0 Å². The summed E-state index contributed by atoms with van der Waals surface area (Å²) in [6, 6.07) is 5.97. The van der Waals surface area contributed by atoms with E-state index in [1.807, 2.05) is 31.4 Å². The summed E-state index contributed by atoms with van der Waals surface area (Å²) in [5.74, 6) is 5.63. The number of rotatable bonds is 3. The van der Waals surface area contributed by atoms with Crippen molar-refractivity contribution in [3.05, 3.63) is 50.7 Å². The summed E-state index contributed by atoms with van der Waals surface area (Å²) in [7, 11) is 1.88. The minimum atomic E-state index is -0.0718. The van der Waals surface area contributed by atoms with Crippen LogP contribution in [-0.4, -0.2) is 9.78 Å². The third-order valence-corrected chi connectivity index (χ3v) is 3.36. The van der Waals surface area contributed by atoms with E-state index in [4.69, 9.17) is 5.84 Å². The standard InChI is InChI=1S/C11H12Br2N4/c1-17-6-8(5-15-17)11(16-14)7-2-9(12)4-10(13)3-7/h2-6,11,16H,14H2,1H3. The van der Waals surface area contributed by atoms with Gasteiger partial charge in [-0.05, 0) is 23.8 Å². The maximum absolute atomic E-state index is 5.63. The average Bonchev–Trinajstić information content (AvgIpc) is 2.64. The van der Waals surface area contributed by atoms with Crippen molar-refractivity contribution in [3.63, 3.8) is 0 Å². The van der Waals surface area contributed by atoms with Crippen LogP contribution in [0.25, 0.3) is 0 Å². The fraction of sp³-hybridized carbons (Fsp3) is 0.182. The largest absolute Gasteiger partial charge is 0.275 e. The molecule has 0 aliphatic heterocycles. The Kier molecular flexibility index (Phi) is 3.98. The smallest absolute Gasteiger partial charge is 0.0741 e. The number of hydrogen-bond donors (Lipinski definition) is 2. The van der Waals surface area contributed by atoms with E-state index in [9.17, 15) is 0 Å². The Hall–Kier alpha value is -0.690. The Labute approximate surface area is 116 Å². The van der Waals surface area contributed by atoms with Crippen molar-refractivity contribution in [3.8, 4) is 0 Å². The Morgan fingerprint density at radius 1 is 1.24 bits per heavy atom. The van der Waals surface area contributed by atoms with E-state index in [-0.39, 0.29) is 6.04 Å². The molecule has 3 N–H and O–H groups in total. The van der Waals surface area contributed by atoms with Crippen LogP contribution >= 0.6 is 31.9 Å². The van der Waals surface area contributed by atoms with E-state index in [1.165, 1.54) is 0 Å². The summed E-state index contributed by atoms with van der Waals surface area (Å²) in [5.41, 5.74) is 4.91. The molecule has 90 valence electrons. The monoisotopic (exact) mass is 358 g/mol. The first-order valence-corrected chi connectivity index (χ1v) is 6.59. The molecule has 1 heterocycles. The van der Waals surface area contributed by atoms with Gasteiger partial charge in [-0.25, -0.2) is 5.43 Å². The van der Waals surface area contributed by atoms with Crippen molar-refractivity contribution in [1.82, 2.24) is 15.2 Å². The number of hydrazine groups is 1. The zero-order chi connectivity index (χ0) is 12.4. The Bertz CT molecular complexity index is 504. The van der Waals surface area contributed by atoms with E-state index in [0.717, 1.165) is 20.1 Å². The highest BCUT2D eigenvalue weighted by Crippen LogP contribution is 2.27. The summed E-state index contributed by atoms with van der Waals surface area (Å²) >= 11 is 6.94. The van der Waals surface area contributed by atoms with Crippen molar-refractivity contribution in [2.24, 2.45) is 12.9 Å². The molecule has 1 unspecified atom stereocenters. The van der Waals surface area contributed by atoms with Crippen LogP contribution in [0.5, 0.6) is 0 Å². The van der Waals surface area contributed by atoms with Gasteiger partial charge < -0.3 is 0 Å². The molecule has 0 saturated heterocycles. The molecule has 0 aliphatic rings. The highest BCUT2D eigenvalue weighted by molar-refractivity contribution is 9.11. The molecular weight excluding hydrogens is 348 g/mol. The fourth-order valence-electron chi connectivity index (χ4n) is 1.72. The minimum Gasteiger partial charge on any atom is -0.275 e. The lowest BCUT2D eigenvalue weighted by molar-refractivity contribution is 0.635. The lowest BCUT2D eigenvalue weighted by Crippen LogP contribution is -2.28. The van der Waals surface area contributed by atoms with Crippen LogP contribution in [0.4, 0.5) is 0 Å². The molecule has 2 rings (SSSR count). The molecule has 0 fully saturated rings. The van der Waals surface area contributed by atoms with Crippen LogP contribution in [0, 0.1) is 0 Å². The lowest BCUT2D eigenvalue weighted by atomic mass is 10.0. The Morgan fingerprint density at radius 2 is 1.88 bits per heavy atom. The van der Waals surface area contributed by atoms with Gasteiger partial charge in [-0.1, -0.05) is 31.9 Å². The quantitative estimate of drug-likeness (QED) is 0.654. The van der Waals surface area contributed by atoms with Gasteiger partial charge in [0.15, 0.2) is 0 Å². The van der Waals surface area contributed by atoms with Gasteiger partial charge in [-0.2, -0.15) is 5.10 Å². The van der Waals surface area contributed by atoms with Gasteiger partial charge in [-0.15, -0.1) is 0 Å². The summed E-state index contributed by atoms with van der Waals surface area (Å²) in [6.07, 6.45) is 3.75. The van der Waals surface area contributed by atoms with Crippen LogP contribution < -0.4 is 11.3 Å². The molecule has 4 nitrogen and oxygen atoms in total. The van der Waals surface area contributed by atoms with Gasteiger partial charge in [0.2, 0.25) is 0 Å². The third-order valence-electron chi connectivity index (χ3n) is 2.44. The third kappa shape index (κ3) is 2.95. The maximum atomic E-state index is 5.63. The van der Waals surface area contributed by atoms with E-state index < -0.39 is 0 Å². The molecule has 0 amide bonds. The highest BCUT2D eigenvalue weighted by atomic mass is 79.9. The molecule has 0 spiro atoms. The maximum Gasteiger partial charge on any atom is 0.0741 e. The summed E-state index contributed by atoms with van der Waals surface area (Å²) in [6.45, 7) is 0. The Balaban J connectivity index is 2.41. The van der Waals surface area contributed by atoms with Crippen molar-refractivity contribution >= 4 is 31.9 Å². The van der Waals surface area contributed by atoms with Crippen molar-refractivity contribution in [1.29, 1.82) is 0 Å². The van der Waals surface area contributed by atoms with Gasteiger partial charge in [0.25, 0.3) is 0 Å². The van der Waals surface area contributed by atoms with Crippen LogP contribution in [0.3, 0.4) is 0 Å². The Morgan fingerprint density at radius 3 is 2.35 bits per heavy atom. The van der Waals surface area contributed by atoms with Crippen LogP contribution in [0.1, 0.15) is 17.2 Å². The molecule has 0 bridgehead atoms. The zero-order valence-corrected chi connectivity index (χ0v) is 12.4. The van der Waals surface area contributed by atoms with E-state index in [1.54, 1.807) is 10.9 Å². The summed E-state index contributed by atoms with van der Waals surface area (Å²) in [5, 5.41) is 4.15. The number of hydrogen-bond acceptors (Lipinski definition) is 3. The second-order valence-corrected chi connectivity index (χ2v) is 5.58. The first-order valence-electron chi connectivity index (χ1n) is 5.01. The molecule has 0 radical (unpaired) electrons. The number of nitrogens with zero attached hydrogens (tertiary/aromatic N) is 2. The molecule has 2 aromatic rings. The topological polar surface area (TPSA) is 55.9 Å². The van der Waals surface area contributed by atoms with Crippen molar-refractivity contribution in [2.75, 3.05) is 0 Å². The first kappa shape index (κ1) is 12.8. The summed E-state index contributed by atoms with van der Waals surface area (Å²) < 4.78 is 3.77. The van der Waals surface area contributed by atoms with Gasteiger partial charge in [0.1, 0.15) is 0 Å². The minimum absolute atomic E-state index is 0.0718. The second-order valence-electron chi connectivity index (χ2n) is 3.75. The lowest BCUT2D eigenvalue weighted by Gasteiger charge is -2.15. The zero-order valence-electron chi connectivity index (χ0n) is 9.19. The van der Waals surface area contributed by atoms with E-state index >= 15 is 0 Å². The normalized spacial score (nSPS) is 12.7. The highest BCUT2D eigenvalue weighted by Gasteiger charge is 2.15. The van der Waals surface area contributed by atoms with Gasteiger partial charge in [-0.3, -0.25) is 10.5 Å². The molecule has 0 saturated carbocycles. The molecule has 0 aliphatic carbocycles. The second kappa shape index (κ2) is 5.30. The van der Waals surface area contributed by atoms with Gasteiger partial charge in [0.05, 0.1) is 12.2 Å². The molecule has 6 heteroatoms. The average molecular weight is 360 g/mol. The SMILES string of the molecule is Cn1cc(C(NN)c2cc(Br)cc(Br)c2)cn1. The van der Waals surface area contributed by atoms with E-state index in [0.29, 0.717) is 0 Å². The van der Waals surface area contributed by atoms with Crippen LogP contribution in [0.15, 0.2) is 39.5 Å². The number of halogens is 2. The molecule has 17 heavy (non-hydrogen) atoms. The number of nitrogens with one attached hydrogen (secondary N) is 1. The van der Waals surface area contributed by atoms with Crippen LogP contribution in [-0.2, 0) is 7.05 Å². The number of aryl methyl sites for hydroxylation is 1. The number of aromatic nitrogens is 2.